The number of nitrogens with one attached hydrogen (secondary N) is 1. The first-order valence-corrected chi connectivity index (χ1v) is 9.24. The maximum absolute atomic E-state index is 13.1. The normalized spacial score (nSPS) is 23.3. The smallest absolute Gasteiger partial charge is 0.416 e. The van der Waals surface area contributed by atoms with E-state index in [2.05, 4.69) is 5.32 Å². The Bertz CT molecular complexity index is 824. The molecule has 1 fully saturated rings. The second-order valence-corrected chi connectivity index (χ2v) is 7.58. The van der Waals surface area contributed by atoms with E-state index in [9.17, 15) is 27.9 Å². The Morgan fingerprint density at radius 2 is 1.86 bits per heavy atom. The molecule has 2 aliphatic rings. The number of alkyl halides is 3. The largest absolute Gasteiger partial charge is 0.503 e. The molecule has 8 heteroatoms. The molecule has 1 aliphatic heterocycles. The summed E-state index contributed by atoms with van der Waals surface area (Å²) in [6, 6.07) is 4.37. The van der Waals surface area contributed by atoms with E-state index in [1.54, 1.807) is 6.07 Å². The minimum Gasteiger partial charge on any atom is -0.503 e. The van der Waals surface area contributed by atoms with Gasteiger partial charge in [-0.1, -0.05) is 12.1 Å². The lowest BCUT2D eigenvalue weighted by Gasteiger charge is -2.30. The van der Waals surface area contributed by atoms with Crippen LogP contribution in [0, 0.1) is 6.92 Å². The molecule has 1 saturated carbocycles. The van der Waals surface area contributed by atoms with Crippen molar-refractivity contribution in [2.45, 2.75) is 50.7 Å². The van der Waals surface area contributed by atoms with Crippen molar-refractivity contribution in [2.75, 3.05) is 13.6 Å². The molecule has 2 N–H and O–H groups in total. The first kappa shape index (κ1) is 20.2. The number of aryl methyl sites for hydroxylation is 1. The Morgan fingerprint density at radius 3 is 2.39 bits per heavy atom. The third-order valence-electron chi connectivity index (χ3n) is 5.61. The lowest BCUT2D eigenvalue weighted by molar-refractivity contribution is -0.138. The van der Waals surface area contributed by atoms with Crippen LogP contribution in [-0.4, -0.2) is 41.5 Å². The van der Waals surface area contributed by atoms with Crippen molar-refractivity contribution in [3.05, 3.63) is 46.2 Å². The maximum Gasteiger partial charge on any atom is 0.416 e. The highest BCUT2D eigenvalue weighted by atomic mass is 19.4. The molecule has 152 valence electrons. The van der Waals surface area contributed by atoms with E-state index >= 15 is 0 Å². The van der Waals surface area contributed by atoms with Crippen molar-refractivity contribution in [1.82, 2.24) is 10.2 Å². The van der Waals surface area contributed by atoms with Gasteiger partial charge in [0.15, 0.2) is 5.76 Å². The SMILES string of the molecule is Cc1ccc([C@H]2CC[C@@H](NC(=O)C3=C(O)C(=O)N(C)C3)CC2)cc1C(F)(F)F. The minimum atomic E-state index is -4.37. The summed E-state index contributed by atoms with van der Waals surface area (Å²) in [7, 11) is 1.50. The zero-order valence-electron chi connectivity index (χ0n) is 15.8. The van der Waals surface area contributed by atoms with Crippen molar-refractivity contribution >= 4 is 11.8 Å². The number of halogens is 3. The van der Waals surface area contributed by atoms with Crippen molar-refractivity contribution < 1.29 is 27.9 Å². The van der Waals surface area contributed by atoms with Gasteiger partial charge < -0.3 is 15.3 Å². The molecule has 0 unspecified atom stereocenters. The van der Waals surface area contributed by atoms with Crippen LogP contribution in [0.15, 0.2) is 29.5 Å². The second-order valence-electron chi connectivity index (χ2n) is 7.58. The molecule has 2 amide bonds. The molecule has 0 aromatic heterocycles. The number of amides is 2. The Labute approximate surface area is 161 Å². The molecule has 1 heterocycles. The van der Waals surface area contributed by atoms with E-state index in [0.717, 1.165) is 0 Å². The number of benzene rings is 1. The number of carbonyl (C=O) groups excluding carboxylic acids is 2. The van der Waals surface area contributed by atoms with Crippen LogP contribution in [0.1, 0.15) is 48.3 Å². The molecule has 0 saturated heterocycles. The average Bonchev–Trinajstić information content (AvgIpc) is 2.89. The summed E-state index contributed by atoms with van der Waals surface area (Å²) in [5.74, 6) is -1.54. The molecular weight excluding hydrogens is 373 g/mol. The average molecular weight is 396 g/mol. The van der Waals surface area contributed by atoms with Gasteiger partial charge in [-0.2, -0.15) is 13.2 Å². The fourth-order valence-corrected chi connectivity index (χ4v) is 3.92. The van der Waals surface area contributed by atoms with Gasteiger partial charge in [-0.05, 0) is 55.7 Å². The van der Waals surface area contributed by atoms with E-state index in [4.69, 9.17) is 0 Å². The number of aliphatic hydroxyl groups excluding tert-OH is 1. The summed E-state index contributed by atoms with van der Waals surface area (Å²) in [4.78, 5) is 25.2. The zero-order valence-corrected chi connectivity index (χ0v) is 15.8. The van der Waals surface area contributed by atoms with Gasteiger partial charge in [-0.3, -0.25) is 9.59 Å². The summed E-state index contributed by atoms with van der Waals surface area (Å²) in [6.45, 7) is 1.52. The topological polar surface area (TPSA) is 69.6 Å². The van der Waals surface area contributed by atoms with E-state index in [-0.39, 0.29) is 29.6 Å². The lowest BCUT2D eigenvalue weighted by Crippen LogP contribution is -2.39. The summed E-state index contributed by atoms with van der Waals surface area (Å²) >= 11 is 0. The maximum atomic E-state index is 13.1. The van der Waals surface area contributed by atoms with Crippen molar-refractivity contribution in [3.63, 3.8) is 0 Å². The zero-order chi connectivity index (χ0) is 20.6. The Hall–Kier alpha value is -2.51. The molecule has 0 bridgehead atoms. The number of carbonyl (C=O) groups is 2. The van der Waals surface area contributed by atoms with E-state index in [1.807, 2.05) is 0 Å². The van der Waals surface area contributed by atoms with Gasteiger partial charge in [0.25, 0.3) is 11.8 Å². The molecule has 0 atom stereocenters. The number of hydrogen-bond acceptors (Lipinski definition) is 3. The fraction of sp³-hybridized carbons (Fsp3) is 0.500. The number of nitrogens with zero attached hydrogens (tertiary/aromatic N) is 1. The molecule has 0 radical (unpaired) electrons. The molecule has 28 heavy (non-hydrogen) atoms. The monoisotopic (exact) mass is 396 g/mol. The summed E-state index contributed by atoms with van der Waals surface area (Å²) in [5.41, 5.74) is 0.341. The first-order chi connectivity index (χ1) is 13.1. The number of hydrogen-bond donors (Lipinski definition) is 2. The van der Waals surface area contributed by atoms with Crippen LogP contribution in [0.3, 0.4) is 0 Å². The predicted octanol–water partition coefficient (Wildman–Crippen LogP) is 3.44. The minimum absolute atomic E-state index is 0.0154. The van der Waals surface area contributed by atoms with Gasteiger partial charge in [-0.15, -0.1) is 0 Å². The Kier molecular flexibility index (Phi) is 5.41. The van der Waals surface area contributed by atoms with Crippen LogP contribution in [-0.2, 0) is 15.8 Å². The molecule has 1 aromatic carbocycles. The van der Waals surface area contributed by atoms with Crippen LogP contribution >= 0.6 is 0 Å². The number of rotatable bonds is 3. The predicted molar refractivity (Wildman–Crippen MR) is 96.6 cm³/mol. The second kappa shape index (κ2) is 7.48. The van der Waals surface area contributed by atoms with Gasteiger partial charge in [0.2, 0.25) is 0 Å². The molecule has 0 spiro atoms. The van der Waals surface area contributed by atoms with Gasteiger partial charge in [0.1, 0.15) is 0 Å². The Morgan fingerprint density at radius 1 is 1.21 bits per heavy atom. The van der Waals surface area contributed by atoms with Crippen LogP contribution in [0.2, 0.25) is 0 Å². The van der Waals surface area contributed by atoms with Crippen LogP contribution < -0.4 is 5.32 Å². The first-order valence-electron chi connectivity index (χ1n) is 9.24. The van der Waals surface area contributed by atoms with Gasteiger partial charge in [0, 0.05) is 13.1 Å². The molecule has 3 rings (SSSR count). The summed E-state index contributed by atoms with van der Waals surface area (Å²) in [6.07, 6.45) is -1.79. The summed E-state index contributed by atoms with van der Waals surface area (Å²) in [5, 5.41) is 12.6. The van der Waals surface area contributed by atoms with Crippen LogP contribution in [0.4, 0.5) is 13.2 Å². The molecule has 1 aliphatic carbocycles. The highest BCUT2D eigenvalue weighted by Gasteiger charge is 2.35. The van der Waals surface area contributed by atoms with Gasteiger partial charge >= 0.3 is 6.18 Å². The third-order valence-corrected chi connectivity index (χ3v) is 5.61. The standard InChI is InChI=1S/C20H23F3N2O3/c1-11-3-4-13(9-16(11)20(21,22)23)12-5-7-14(8-6-12)24-18(27)15-10-25(2)19(28)17(15)26/h3-4,9,12,14,26H,5-8,10H2,1-2H3,(H,24,27)/t12-,14+. The highest BCUT2D eigenvalue weighted by molar-refractivity contribution is 6.06. The van der Waals surface area contributed by atoms with E-state index in [0.29, 0.717) is 31.2 Å². The van der Waals surface area contributed by atoms with Crippen LogP contribution in [0.25, 0.3) is 0 Å². The highest BCUT2D eigenvalue weighted by Crippen LogP contribution is 2.38. The quantitative estimate of drug-likeness (QED) is 0.822. The summed E-state index contributed by atoms with van der Waals surface area (Å²) < 4.78 is 39.4. The molecule has 5 nitrogen and oxygen atoms in total. The van der Waals surface area contributed by atoms with Crippen molar-refractivity contribution in [3.8, 4) is 0 Å². The number of aliphatic hydroxyl groups is 1. The van der Waals surface area contributed by atoms with Crippen LogP contribution in [0.5, 0.6) is 0 Å². The number of likely N-dealkylation sites (N-methyl/N-ethyl adjacent to an activating group) is 1. The van der Waals surface area contributed by atoms with Crippen molar-refractivity contribution in [2.24, 2.45) is 0 Å². The third kappa shape index (κ3) is 4.00. The van der Waals surface area contributed by atoms with Gasteiger partial charge in [0.05, 0.1) is 17.7 Å². The van der Waals surface area contributed by atoms with Crippen molar-refractivity contribution in [1.29, 1.82) is 0 Å². The lowest BCUT2D eigenvalue weighted by atomic mass is 9.81. The van der Waals surface area contributed by atoms with E-state index in [1.165, 1.54) is 31.0 Å². The van der Waals surface area contributed by atoms with E-state index < -0.39 is 29.3 Å². The molecule has 1 aromatic rings. The fourth-order valence-electron chi connectivity index (χ4n) is 3.92. The van der Waals surface area contributed by atoms with Gasteiger partial charge in [-0.25, -0.2) is 0 Å². The molecular formula is C20H23F3N2O3. The Balaban J connectivity index is 1.61.